The van der Waals surface area contributed by atoms with Gasteiger partial charge >= 0.3 is 0 Å². The van der Waals surface area contributed by atoms with Crippen molar-refractivity contribution in [1.82, 2.24) is 0 Å². The summed E-state index contributed by atoms with van der Waals surface area (Å²) in [7, 11) is -3.66. The quantitative estimate of drug-likeness (QED) is 0.772. The highest BCUT2D eigenvalue weighted by Crippen LogP contribution is 2.19. The third-order valence-corrected chi connectivity index (χ3v) is 4.24. The van der Waals surface area contributed by atoms with Crippen molar-refractivity contribution < 1.29 is 17.3 Å². The van der Waals surface area contributed by atoms with Gasteiger partial charge in [-0.15, -0.1) is 0 Å². The molecule has 1 aliphatic rings. The average molecular weight is 256 g/mol. The summed E-state index contributed by atoms with van der Waals surface area (Å²) in [5.74, 6) is 0. The second-order valence-electron chi connectivity index (χ2n) is 4.14. The predicted molar refractivity (Wildman–Crippen MR) is 63.3 cm³/mol. The summed E-state index contributed by atoms with van der Waals surface area (Å²) in [5, 5.41) is 0. The molecule has 0 aromatic heterocycles. The van der Waals surface area contributed by atoms with Gasteiger partial charge in [-0.1, -0.05) is 18.2 Å². The number of rotatable bonds is 4. The molecule has 0 bridgehead atoms. The van der Waals surface area contributed by atoms with Gasteiger partial charge in [-0.2, -0.15) is 8.42 Å². The zero-order valence-electron chi connectivity index (χ0n) is 9.76. The topological polar surface area (TPSA) is 52.6 Å². The molecule has 4 nitrogen and oxygen atoms in total. The number of hydrogen-bond donors (Lipinski definition) is 0. The molecule has 1 unspecified atom stereocenters. The van der Waals surface area contributed by atoms with E-state index in [1.165, 1.54) is 0 Å². The summed E-state index contributed by atoms with van der Waals surface area (Å²) in [5.41, 5.74) is 0.694. The Bertz CT molecular complexity index is 475. The molecule has 0 N–H and O–H groups in total. The van der Waals surface area contributed by atoms with E-state index >= 15 is 0 Å². The van der Waals surface area contributed by atoms with Gasteiger partial charge in [0.05, 0.1) is 17.6 Å². The molecule has 0 aliphatic carbocycles. The minimum absolute atomic E-state index is 0.0891. The van der Waals surface area contributed by atoms with E-state index in [-0.39, 0.29) is 17.6 Å². The van der Waals surface area contributed by atoms with Gasteiger partial charge in [0.15, 0.2) is 0 Å². The van der Waals surface area contributed by atoms with E-state index in [9.17, 15) is 8.42 Å². The highest BCUT2D eigenvalue weighted by Gasteiger charge is 2.22. The monoisotopic (exact) mass is 256 g/mol. The zero-order chi connectivity index (χ0) is 12.3. The van der Waals surface area contributed by atoms with Gasteiger partial charge < -0.3 is 4.74 Å². The first-order valence-corrected chi connectivity index (χ1v) is 7.07. The molecule has 5 heteroatoms. The van der Waals surface area contributed by atoms with Crippen LogP contribution in [0.15, 0.2) is 29.2 Å². The van der Waals surface area contributed by atoms with Crippen LogP contribution in [0.2, 0.25) is 0 Å². The number of ether oxygens (including phenoxy) is 1. The van der Waals surface area contributed by atoms with Crippen LogP contribution in [-0.4, -0.2) is 27.7 Å². The van der Waals surface area contributed by atoms with Crippen LogP contribution in [0.3, 0.4) is 0 Å². The van der Waals surface area contributed by atoms with Crippen LogP contribution in [0.25, 0.3) is 0 Å². The Morgan fingerprint density at radius 1 is 1.41 bits per heavy atom. The molecule has 1 saturated heterocycles. The Balaban J connectivity index is 2.06. The molecule has 17 heavy (non-hydrogen) atoms. The standard InChI is InChI=1S/C12H16O4S/c1-10-5-2-3-7-12(10)17(13,14)16-9-11-6-4-8-15-11/h2-3,5,7,11H,4,6,8-9H2,1H3. The Hall–Kier alpha value is -0.910. The van der Waals surface area contributed by atoms with Gasteiger partial charge in [0.2, 0.25) is 0 Å². The fourth-order valence-electron chi connectivity index (χ4n) is 1.84. The maximum atomic E-state index is 11.9. The van der Waals surface area contributed by atoms with E-state index in [0.717, 1.165) is 12.8 Å². The van der Waals surface area contributed by atoms with Crippen LogP contribution in [0, 0.1) is 6.92 Å². The molecular weight excluding hydrogens is 240 g/mol. The second-order valence-corrected chi connectivity index (χ2v) is 5.72. The van der Waals surface area contributed by atoms with Gasteiger partial charge in [0.1, 0.15) is 0 Å². The fourth-order valence-corrected chi connectivity index (χ4v) is 3.01. The Morgan fingerprint density at radius 2 is 2.18 bits per heavy atom. The van der Waals surface area contributed by atoms with E-state index in [0.29, 0.717) is 12.2 Å². The van der Waals surface area contributed by atoms with Crippen molar-refractivity contribution in [3.05, 3.63) is 29.8 Å². The summed E-state index contributed by atoms with van der Waals surface area (Å²) in [6.07, 6.45) is 1.75. The van der Waals surface area contributed by atoms with Crippen LogP contribution in [-0.2, 0) is 19.0 Å². The molecule has 0 saturated carbocycles. The average Bonchev–Trinajstić information content (AvgIpc) is 2.80. The largest absolute Gasteiger partial charge is 0.376 e. The first kappa shape index (κ1) is 12.5. The Kier molecular flexibility index (Phi) is 3.81. The number of benzene rings is 1. The van der Waals surface area contributed by atoms with E-state index in [1.54, 1.807) is 31.2 Å². The molecule has 1 aromatic rings. The summed E-state index contributed by atoms with van der Waals surface area (Å²) < 4.78 is 34.2. The molecular formula is C12H16O4S. The van der Waals surface area contributed by atoms with Gasteiger partial charge in [0, 0.05) is 6.61 Å². The van der Waals surface area contributed by atoms with Crippen LogP contribution in [0.1, 0.15) is 18.4 Å². The van der Waals surface area contributed by atoms with Crippen molar-refractivity contribution in [1.29, 1.82) is 0 Å². The highest BCUT2D eigenvalue weighted by atomic mass is 32.2. The molecule has 1 aliphatic heterocycles. The van der Waals surface area contributed by atoms with Crippen LogP contribution in [0.4, 0.5) is 0 Å². The first-order valence-electron chi connectivity index (χ1n) is 5.66. The van der Waals surface area contributed by atoms with Gasteiger partial charge in [-0.05, 0) is 31.4 Å². The van der Waals surface area contributed by atoms with Gasteiger partial charge in [-0.3, -0.25) is 4.18 Å². The summed E-state index contributed by atoms with van der Waals surface area (Å²) in [6, 6.07) is 6.80. The van der Waals surface area contributed by atoms with Crippen molar-refractivity contribution in [2.24, 2.45) is 0 Å². The summed E-state index contributed by atoms with van der Waals surface area (Å²) >= 11 is 0. The Labute approximate surface area is 102 Å². The molecule has 0 amide bonds. The lowest BCUT2D eigenvalue weighted by molar-refractivity contribution is 0.0701. The number of aryl methyl sites for hydroxylation is 1. The first-order chi connectivity index (χ1) is 8.09. The summed E-state index contributed by atoms with van der Waals surface area (Å²) in [6.45, 7) is 2.55. The van der Waals surface area contributed by atoms with Crippen molar-refractivity contribution in [3.8, 4) is 0 Å². The van der Waals surface area contributed by atoms with E-state index in [1.807, 2.05) is 0 Å². The van der Waals surface area contributed by atoms with E-state index < -0.39 is 10.1 Å². The minimum Gasteiger partial charge on any atom is -0.376 e. The minimum atomic E-state index is -3.66. The fraction of sp³-hybridized carbons (Fsp3) is 0.500. The lowest BCUT2D eigenvalue weighted by atomic mass is 10.2. The molecule has 1 fully saturated rings. The third-order valence-electron chi connectivity index (χ3n) is 2.80. The van der Waals surface area contributed by atoms with Crippen LogP contribution in [0.5, 0.6) is 0 Å². The molecule has 0 radical (unpaired) electrons. The molecule has 1 aromatic carbocycles. The predicted octanol–water partition coefficient (Wildman–Crippen LogP) is 1.88. The maximum Gasteiger partial charge on any atom is 0.297 e. The smallest absolute Gasteiger partial charge is 0.297 e. The molecule has 1 heterocycles. The maximum absolute atomic E-state index is 11.9. The third kappa shape index (κ3) is 3.06. The number of hydrogen-bond acceptors (Lipinski definition) is 4. The Morgan fingerprint density at radius 3 is 2.82 bits per heavy atom. The molecule has 94 valence electrons. The SMILES string of the molecule is Cc1ccccc1S(=O)(=O)OCC1CCCO1. The van der Waals surface area contributed by atoms with Crippen LogP contribution >= 0.6 is 0 Å². The molecule has 1 atom stereocenters. The molecule has 2 rings (SSSR count). The van der Waals surface area contributed by atoms with Crippen molar-refractivity contribution >= 4 is 10.1 Å². The highest BCUT2D eigenvalue weighted by molar-refractivity contribution is 7.86. The zero-order valence-corrected chi connectivity index (χ0v) is 10.6. The summed E-state index contributed by atoms with van der Waals surface area (Å²) in [4.78, 5) is 0.234. The molecule has 0 spiro atoms. The van der Waals surface area contributed by atoms with Gasteiger partial charge in [-0.25, -0.2) is 0 Å². The van der Waals surface area contributed by atoms with Crippen molar-refractivity contribution in [3.63, 3.8) is 0 Å². The van der Waals surface area contributed by atoms with E-state index in [4.69, 9.17) is 8.92 Å². The second kappa shape index (κ2) is 5.16. The normalized spacial score (nSPS) is 20.6. The lowest BCUT2D eigenvalue weighted by Gasteiger charge is -2.11. The van der Waals surface area contributed by atoms with E-state index in [2.05, 4.69) is 0 Å². The lowest BCUT2D eigenvalue weighted by Crippen LogP contribution is -2.18. The van der Waals surface area contributed by atoms with Crippen molar-refractivity contribution in [2.45, 2.75) is 30.8 Å². The van der Waals surface area contributed by atoms with Gasteiger partial charge in [0.25, 0.3) is 10.1 Å². The van der Waals surface area contributed by atoms with Crippen LogP contribution < -0.4 is 0 Å². The van der Waals surface area contributed by atoms with Crippen molar-refractivity contribution in [2.75, 3.05) is 13.2 Å².